The van der Waals surface area contributed by atoms with E-state index in [4.69, 9.17) is 102 Å². The number of aliphatic hydroxyl groups is 13. The molecule has 13 N–H and O–H groups in total. The minimum absolute atomic E-state index is 0.0577. The first kappa shape index (κ1) is 116. The lowest BCUT2D eigenvalue weighted by atomic mass is 9.95. The van der Waals surface area contributed by atoms with Gasteiger partial charge in [-0.1, -0.05) is 151 Å². The van der Waals surface area contributed by atoms with Crippen LogP contribution in [0.1, 0.15) is 158 Å². The van der Waals surface area contributed by atoms with E-state index in [2.05, 4.69) is 6.58 Å². The molecular formula is C89H176O35Si7. The van der Waals surface area contributed by atoms with Crippen LogP contribution in [-0.2, 0) is 102 Å². The van der Waals surface area contributed by atoms with Crippen molar-refractivity contribution >= 4 is 58.2 Å². The molecule has 0 aromatic rings. The molecule has 15 rings (SSSR count). The predicted octanol–water partition coefficient (Wildman–Crippen LogP) is 7.97. The van der Waals surface area contributed by atoms with E-state index in [0.717, 1.165) is 0 Å². The molecule has 15 saturated heterocycles. The van der Waals surface area contributed by atoms with Crippen LogP contribution in [0.5, 0.6) is 0 Å². The van der Waals surface area contributed by atoms with E-state index in [1.54, 1.807) is 6.08 Å². The standard InChI is InChI=1S/C89H176O35Si7/c1-37-38-39-40-103-75-67(102)74-54(47-110-131(35,36)89(20,21)22)117-82(75)124-73-53(46-109-130(33,34)88(17,18)19)116-80(66(101)60(73)95)122-71-51(44-107-128(29,30)86(11,12)13)114-78(64(99)58(71)93)120-69-49(42-105-126(25,26)84(5,6)7)112-76(62(97)56(69)91)118-68-48(41-104-125(23,24)83(2,3)4)111-77(61(96)55(68)90)119-70-50(43-106-127(27,28)85(8,9)10)113-79(63(98)57(70)92)121-72-52(45-108-129(31,32)87(14,15)16)115-81(123-74)65(100)59(72)94/h37,48-82,90-102H,1,38-47H2,2-36H3/t48-,49-,50-,51-,52-,53-,54-,55-,56-,57-,58-,59-,60-,61-,62-,63-,64-,65-,66-,67+,68-,69-,70-,71-,72-,73-,74-,75-,76-,77-,78-,79-,80-,81-,82-/m1/s1. The van der Waals surface area contributed by atoms with Gasteiger partial charge in [-0.25, -0.2) is 0 Å². The van der Waals surface area contributed by atoms with Gasteiger partial charge in [0.25, 0.3) is 0 Å². The molecule has 0 aliphatic carbocycles. The Labute approximate surface area is 787 Å². The molecule has 0 radical (unpaired) electrons. The number of fused-ring (bicyclic) bond motifs is 7. The Hall–Kier alpha value is -0.142. The van der Waals surface area contributed by atoms with Gasteiger partial charge < -0.3 is 168 Å². The van der Waals surface area contributed by atoms with Crippen molar-refractivity contribution in [2.45, 2.75) is 500 Å². The minimum Gasteiger partial charge on any atom is -0.414 e. The van der Waals surface area contributed by atoms with Crippen LogP contribution in [0.4, 0.5) is 0 Å². The lowest BCUT2D eigenvalue weighted by Gasteiger charge is -2.51. The Bertz CT molecular complexity index is 3500. The summed E-state index contributed by atoms with van der Waals surface area (Å²) in [5.41, 5.74) is 0. The van der Waals surface area contributed by atoms with E-state index in [0.29, 0.717) is 12.8 Å². The molecule has 0 spiro atoms. The maximum absolute atomic E-state index is 13.4. The maximum Gasteiger partial charge on any atom is 0.192 e. The number of ether oxygens (including phenoxy) is 15. The van der Waals surface area contributed by atoms with Crippen molar-refractivity contribution in [3.05, 3.63) is 12.7 Å². The van der Waals surface area contributed by atoms with Crippen molar-refractivity contribution in [2.75, 3.05) is 52.9 Å². The first-order valence-electron chi connectivity index (χ1n) is 47.2. The molecule has 15 aliphatic heterocycles. The second kappa shape index (κ2) is 43.8. The largest absolute Gasteiger partial charge is 0.414 e. The predicted molar refractivity (Wildman–Crippen MR) is 504 cm³/mol. The van der Waals surface area contributed by atoms with Gasteiger partial charge in [-0.2, -0.15) is 0 Å². The normalized spacial score (nSPS) is 39.4. The zero-order valence-electron chi connectivity index (χ0n) is 85.4. The van der Waals surface area contributed by atoms with E-state index in [1.807, 2.05) is 237 Å². The summed E-state index contributed by atoms with van der Waals surface area (Å²) in [6.07, 6.45) is -61.0. The van der Waals surface area contributed by atoms with E-state index in [-0.39, 0.29) is 52.9 Å². The molecule has 0 unspecified atom stereocenters. The topological polar surface area (TPSA) is 466 Å². The van der Waals surface area contributed by atoms with Crippen LogP contribution < -0.4 is 0 Å². The molecule has 0 aromatic heterocycles. The smallest absolute Gasteiger partial charge is 0.192 e. The molecule has 14 bridgehead atoms. The fraction of sp³-hybridized carbons (Fsp3) is 0.978. The Morgan fingerprint density at radius 3 is 0.519 bits per heavy atom. The third-order valence-electron chi connectivity index (χ3n) is 31.3. The maximum atomic E-state index is 13.4. The van der Waals surface area contributed by atoms with Crippen molar-refractivity contribution in [2.24, 2.45) is 0 Å². The van der Waals surface area contributed by atoms with Gasteiger partial charge in [0.1, 0.15) is 171 Å². The van der Waals surface area contributed by atoms with Gasteiger partial charge in [-0.15, -0.1) is 6.58 Å². The molecule has 15 fully saturated rings. The van der Waals surface area contributed by atoms with Crippen molar-refractivity contribution in [1.82, 2.24) is 0 Å². The second-order valence-electron chi connectivity index (χ2n) is 48.1. The molecule has 42 heteroatoms. The van der Waals surface area contributed by atoms with Crippen molar-refractivity contribution in [3.63, 3.8) is 0 Å². The number of hydrogen-bond acceptors (Lipinski definition) is 35. The van der Waals surface area contributed by atoms with Crippen LogP contribution >= 0.6 is 0 Å². The second-order valence-corrected chi connectivity index (χ2v) is 81.8. The van der Waals surface area contributed by atoms with Crippen LogP contribution in [0.3, 0.4) is 0 Å². The molecule has 0 aromatic carbocycles. The van der Waals surface area contributed by atoms with Crippen molar-refractivity contribution < 1.29 is 168 Å². The third-order valence-corrected chi connectivity index (χ3v) is 62.8. The van der Waals surface area contributed by atoms with Crippen LogP contribution in [0, 0.1) is 0 Å². The highest BCUT2D eigenvalue weighted by molar-refractivity contribution is 6.76. The van der Waals surface area contributed by atoms with Crippen molar-refractivity contribution in [3.8, 4) is 0 Å². The fourth-order valence-electron chi connectivity index (χ4n) is 14.5. The first-order valence-corrected chi connectivity index (χ1v) is 67.5. The number of unbranched alkanes of at least 4 members (excludes halogenated alkanes) is 1. The Balaban J connectivity index is 1.34. The Kier molecular flexibility index (Phi) is 38.8. The summed E-state index contributed by atoms with van der Waals surface area (Å²) in [6.45, 7) is 71.6. The Morgan fingerprint density at radius 1 is 0.221 bits per heavy atom. The first-order chi connectivity index (χ1) is 59.5. The summed E-state index contributed by atoms with van der Waals surface area (Å²) < 4.78 is 150. The monoisotopic (exact) mass is 2000 g/mol. The Morgan fingerprint density at radius 2 is 0.366 bits per heavy atom. The van der Waals surface area contributed by atoms with Crippen LogP contribution in [0.15, 0.2) is 12.7 Å². The van der Waals surface area contributed by atoms with E-state index in [1.165, 1.54) is 0 Å². The molecule has 131 heavy (non-hydrogen) atoms. The number of aliphatic hydroxyl groups excluding tert-OH is 13. The van der Waals surface area contributed by atoms with Gasteiger partial charge in [0.15, 0.2) is 102 Å². The van der Waals surface area contributed by atoms with Gasteiger partial charge >= 0.3 is 0 Å². The highest BCUT2D eigenvalue weighted by Gasteiger charge is 2.63. The lowest BCUT2D eigenvalue weighted by molar-refractivity contribution is -0.397. The SMILES string of the molecule is C=CCCCO[C@H]1[C@H]2O[C@H]3[C@H](O)[C@@H](O)[C@@H](O[C@H]4[C@H](O)[C@@H](O)[C@@H](O[C@H]5[C@H](O)[C@@H](O)[C@@H](O[C@H]6[C@H](O)[C@@H](O)[C@@H](O[C@H]7[C@H](O)[C@@H](O)[C@@H](O[C@H]8[C@H](O)[C@@H](O)[C@@H](O[C@@H]([C@@H]1O)[C@@H](CO[Si](C)(C)C(C)(C)C)O2)O[C@@H]8CO[Si](C)(C)C(C)(C)C)O[C@@H]7CO[Si](C)(C)C(C)(C)C)O[C@@H]6CO[Si](C)(C)C(C)(C)C)O[C@@H]5CO[Si](C)(C)C(C)(C)C)O[C@@H]4CO[Si](C)(C)C(C)(C)C)O[C@@H]3CO[Si](C)(C)C(C)(C)C. The highest BCUT2D eigenvalue weighted by Crippen LogP contribution is 2.48. The molecular weight excluding hydrogens is 1830 g/mol. The van der Waals surface area contributed by atoms with Gasteiger partial charge in [0, 0.05) is 6.61 Å². The summed E-state index contributed by atoms with van der Waals surface area (Å²) in [4.78, 5) is 0. The van der Waals surface area contributed by atoms with Gasteiger partial charge in [-0.05, 0) is 140 Å². The van der Waals surface area contributed by atoms with E-state index < -0.39 is 308 Å². The van der Waals surface area contributed by atoms with Crippen LogP contribution in [0.2, 0.25) is 127 Å². The lowest BCUT2D eigenvalue weighted by Crippen LogP contribution is -2.69. The molecule has 770 valence electrons. The number of hydrogen-bond donors (Lipinski definition) is 13. The van der Waals surface area contributed by atoms with Gasteiger partial charge in [-0.3, -0.25) is 0 Å². The fourth-order valence-corrected chi connectivity index (χ4v) is 21.6. The summed E-state index contributed by atoms with van der Waals surface area (Å²) in [7, 11) is -19.7. The minimum atomic E-state index is -2.82. The average molecular weight is 2000 g/mol. The van der Waals surface area contributed by atoms with E-state index in [9.17, 15) is 66.4 Å². The quantitative estimate of drug-likeness (QED) is 0.0222. The number of allylic oxidation sites excluding steroid dienone is 1. The van der Waals surface area contributed by atoms with E-state index >= 15 is 0 Å². The summed E-state index contributed by atoms with van der Waals surface area (Å²) in [5.74, 6) is 0. The summed E-state index contributed by atoms with van der Waals surface area (Å²) >= 11 is 0. The average Bonchev–Trinajstić information content (AvgIpc) is 0.797. The molecule has 15 heterocycles. The molecule has 15 aliphatic rings. The molecule has 35 atom stereocenters. The third kappa shape index (κ3) is 27.3. The van der Waals surface area contributed by atoms with Crippen LogP contribution in [-0.4, -0.2) is 392 Å². The number of rotatable bonds is 26. The highest BCUT2D eigenvalue weighted by atomic mass is 28.4. The zero-order valence-corrected chi connectivity index (χ0v) is 92.4. The summed E-state index contributed by atoms with van der Waals surface area (Å²) in [5, 5.41) is 164. The van der Waals surface area contributed by atoms with Gasteiger partial charge in [0.05, 0.1) is 46.2 Å². The molecule has 0 amide bonds. The van der Waals surface area contributed by atoms with Crippen molar-refractivity contribution in [1.29, 1.82) is 0 Å². The zero-order chi connectivity index (χ0) is 99.5. The van der Waals surface area contributed by atoms with Gasteiger partial charge in [0.2, 0.25) is 0 Å². The van der Waals surface area contributed by atoms with Crippen LogP contribution in [0.25, 0.3) is 0 Å². The molecule has 0 saturated carbocycles. The summed E-state index contributed by atoms with van der Waals surface area (Å²) in [6, 6.07) is 0. The molecule has 35 nitrogen and oxygen atoms in total.